The molecule has 5 heteroatoms. The van der Waals surface area contributed by atoms with Gasteiger partial charge in [-0.25, -0.2) is 4.39 Å². The van der Waals surface area contributed by atoms with Crippen molar-refractivity contribution in [2.45, 2.75) is 0 Å². The molecule has 2 aromatic carbocycles. The Hall–Kier alpha value is -0.900. The molecule has 0 radical (unpaired) electrons. The summed E-state index contributed by atoms with van der Waals surface area (Å²) in [5.74, 6) is -0.731. The summed E-state index contributed by atoms with van der Waals surface area (Å²) in [5.41, 5.74) is 0.622. The molecule has 18 heavy (non-hydrogen) atoms. The number of benzene rings is 2. The van der Waals surface area contributed by atoms with Gasteiger partial charge in [-0.2, -0.15) is 0 Å². The van der Waals surface area contributed by atoms with E-state index in [2.05, 4.69) is 15.9 Å². The van der Waals surface area contributed by atoms with Crippen LogP contribution in [0.1, 0.15) is 15.9 Å². The Morgan fingerprint density at radius 2 is 1.78 bits per heavy atom. The molecule has 0 amide bonds. The molecule has 0 aliphatic heterocycles. The Balaban J connectivity index is 2.51. The van der Waals surface area contributed by atoms with Crippen molar-refractivity contribution >= 4 is 44.9 Å². The number of carbonyl (C=O) groups excluding carboxylic acids is 1. The maximum Gasteiger partial charge on any atom is 0.195 e. The highest BCUT2D eigenvalue weighted by Crippen LogP contribution is 2.26. The molecule has 0 saturated carbocycles. The lowest BCUT2D eigenvalue weighted by Gasteiger charge is -2.06. The Labute approximate surface area is 122 Å². The fourth-order valence-electron chi connectivity index (χ4n) is 1.49. The Bertz CT molecular complexity index is 628. The first-order valence-electron chi connectivity index (χ1n) is 4.94. The van der Waals surface area contributed by atoms with Gasteiger partial charge < -0.3 is 0 Å². The summed E-state index contributed by atoms with van der Waals surface area (Å²) in [6.45, 7) is 0. The van der Waals surface area contributed by atoms with Crippen LogP contribution in [0.4, 0.5) is 4.39 Å². The van der Waals surface area contributed by atoms with Gasteiger partial charge in [0.25, 0.3) is 0 Å². The van der Waals surface area contributed by atoms with Gasteiger partial charge in [0.05, 0.1) is 5.02 Å². The van der Waals surface area contributed by atoms with E-state index < -0.39 is 5.82 Å². The van der Waals surface area contributed by atoms with Crippen LogP contribution in [0.3, 0.4) is 0 Å². The van der Waals surface area contributed by atoms with Crippen LogP contribution in [0.2, 0.25) is 10.0 Å². The molecule has 0 spiro atoms. The minimum Gasteiger partial charge on any atom is -0.289 e. The van der Waals surface area contributed by atoms with E-state index in [0.717, 1.165) is 0 Å². The molecule has 0 aliphatic rings. The third-order valence-electron chi connectivity index (χ3n) is 2.35. The van der Waals surface area contributed by atoms with Gasteiger partial charge in [0.15, 0.2) is 5.78 Å². The van der Waals surface area contributed by atoms with Gasteiger partial charge in [-0.05, 0) is 52.3 Å². The van der Waals surface area contributed by atoms with Gasteiger partial charge in [-0.15, -0.1) is 0 Å². The Kier molecular flexibility index (Phi) is 4.05. The van der Waals surface area contributed by atoms with Gasteiger partial charge in [-0.1, -0.05) is 23.2 Å². The number of hydrogen-bond donors (Lipinski definition) is 0. The van der Waals surface area contributed by atoms with Crippen molar-refractivity contribution in [3.8, 4) is 0 Å². The molecule has 92 valence electrons. The van der Waals surface area contributed by atoms with Crippen LogP contribution in [0.15, 0.2) is 40.9 Å². The maximum atomic E-state index is 13.0. The molecule has 0 saturated heterocycles. The summed E-state index contributed by atoms with van der Waals surface area (Å²) in [5, 5.41) is 0.724. The van der Waals surface area contributed by atoms with Crippen LogP contribution in [-0.2, 0) is 0 Å². The molecule has 2 rings (SSSR count). The molecule has 2 aromatic rings. The molecule has 0 aliphatic carbocycles. The second-order valence-electron chi connectivity index (χ2n) is 3.58. The zero-order valence-electron chi connectivity index (χ0n) is 8.88. The van der Waals surface area contributed by atoms with Gasteiger partial charge in [0, 0.05) is 20.6 Å². The molecule has 0 N–H and O–H groups in total. The Morgan fingerprint density at radius 1 is 1.06 bits per heavy atom. The molecular weight excluding hydrogens is 342 g/mol. The summed E-state index contributed by atoms with van der Waals surface area (Å²) < 4.78 is 13.3. The first kappa shape index (κ1) is 13.5. The highest BCUT2D eigenvalue weighted by Gasteiger charge is 2.16. The third kappa shape index (κ3) is 2.74. The minimum atomic E-state index is -0.421. The molecular formula is C13H6BrCl2FO. The predicted octanol–water partition coefficient (Wildman–Crippen LogP) is 5.13. The number of rotatable bonds is 2. The van der Waals surface area contributed by atoms with Crippen molar-refractivity contribution in [3.05, 3.63) is 67.9 Å². The monoisotopic (exact) mass is 346 g/mol. The largest absolute Gasteiger partial charge is 0.289 e. The summed E-state index contributed by atoms with van der Waals surface area (Å²) in [7, 11) is 0. The van der Waals surface area contributed by atoms with E-state index >= 15 is 0 Å². The number of hydrogen-bond acceptors (Lipinski definition) is 1. The normalized spacial score (nSPS) is 10.4. The van der Waals surface area contributed by atoms with E-state index in [4.69, 9.17) is 23.2 Å². The minimum absolute atomic E-state index is 0.288. The highest BCUT2D eigenvalue weighted by atomic mass is 79.9. The van der Waals surface area contributed by atoms with Crippen molar-refractivity contribution in [3.63, 3.8) is 0 Å². The average Bonchev–Trinajstić information content (AvgIpc) is 2.31. The highest BCUT2D eigenvalue weighted by molar-refractivity contribution is 9.10. The zero-order valence-corrected chi connectivity index (χ0v) is 12.0. The lowest BCUT2D eigenvalue weighted by atomic mass is 10.0. The van der Waals surface area contributed by atoms with Gasteiger partial charge in [0.1, 0.15) is 5.82 Å². The third-order valence-corrected chi connectivity index (χ3v) is 3.57. The van der Waals surface area contributed by atoms with E-state index in [1.807, 2.05) is 0 Å². The number of carbonyl (C=O) groups is 1. The molecule has 0 atom stereocenters. The topological polar surface area (TPSA) is 17.1 Å². The van der Waals surface area contributed by atoms with Crippen molar-refractivity contribution in [2.24, 2.45) is 0 Å². The SMILES string of the molecule is O=C(c1cc(Cl)ccc1Cl)c1ccc(F)cc1Br. The number of halogens is 4. The van der Waals surface area contributed by atoms with Crippen LogP contribution in [0.5, 0.6) is 0 Å². The summed E-state index contributed by atoms with van der Waals surface area (Å²) in [4.78, 5) is 12.3. The predicted molar refractivity (Wildman–Crippen MR) is 74.0 cm³/mol. The molecule has 0 bridgehead atoms. The number of ketones is 1. The average molecular weight is 348 g/mol. The van der Waals surface area contributed by atoms with Crippen LogP contribution in [0, 0.1) is 5.82 Å². The standard InChI is InChI=1S/C13H6BrCl2FO/c14-11-6-8(17)2-3-9(11)13(18)10-5-7(15)1-4-12(10)16/h1-6H. The maximum absolute atomic E-state index is 13.0. The summed E-state index contributed by atoms with van der Waals surface area (Å²) in [6.07, 6.45) is 0. The van der Waals surface area contributed by atoms with E-state index in [9.17, 15) is 9.18 Å². The first-order chi connectivity index (χ1) is 8.49. The fraction of sp³-hybridized carbons (Fsp3) is 0. The van der Waals surface area contributed by atoms with Crippen molar-refractivity contribution in [1.29, 1.82) is 0 Å². The molecule has 1 nitrogen and oxygen atoms in total. The molecule has 0 heterocycles. The lowest BCUT2D eigenvalue weighted by molar-refractivity contribution is 0.103. The molecule has 0 unspecified atom stereocenters. The second kappa shape index (κ2) is 5.39. The van der Waals surface area contributed by atoms with Crippen molar-refractivity contribution < 1.29 is 9.18 Å². The smallest absolute Gasteiger partial charge is 0.195 e. The summed E-state index contributed by atoms with van der Waals surface area (Å²) >= 11 is 14.9. The van der Waals surface area contributed by atoms with E-state index in [1.54, 1.807) is 12.1 Å². The zero-order chi connectivity index (χ0) is 13.3. The van der Waals surface area contributed by atoms with Crippen molar-refractivity contribution in [1.82, 2.24) is 0 Å². The van der Waals surface area contributed by atoms with E-state index in [1.165, 1.54) is 24.3 Å². The molecule has 0 aromatic heterocycles. The van der Waals surface area contributed by atoms with E-state index in [0.29, 0.717) is 20.1 Å². The van der Waals surface area contributed by atoms with Crippen LogP contribution in [-0.4, -0.2) is 5.78 Å². The van der Waals surface area contributed by atoms with Gasteiger partial charge >= 0.3 is 0 Å². The second-order valence-corrected chi connectivity index (χ2v) is 5.28. The van der Waals surface area contributed by atoms with Crippen molar-refractivity contribution in [2.75, 3.05) is 0 Å². The lowest BCUT2D eigenvalue weighted by Crippen LogP contribution is -2.03. The Morgan fingerprint density at radius 3 is 2.44 bits per heavy atom. The van der Waals surface area contributed by atoms with Crippen LogP contribution in [0.25, 0.3) is 0 Å². The van der Waals surface area contributed by atoms with Crippen LogP contribution >= 0.6 is 39.1 Å². The molecule has 0 fully saturated rings. The van der Waals surface area contributed by atoms with Crippen LogP contribution < -0.4 is 0 Å². The van der Waals surface area contributed by atoms with Gasteiger partial charge in [-0.3, -0.25) is 4.79 Å². The quantitative estimate of drug-likeness (QED) is 0.688. The van der Waals surface area contributed by atoms with E-state index in [-0.39, 0.29) is 11.3 Å². The summed E-state index contributed by atoms with van der Waals surface area (Å²) in [6, 6.07) is 8.48. The van der Waals surface area contributed by atoms with Gasteiger partial charge in [0.2, 0.25) is 0 Å². The first-order valence-corrected chi connectivity index (χ1v) is 6.49. The fourth-order valence-corrected chi connectivity index (χ4v) is 2.40.